The first-order chi connectivity index (χ1) is 8.63. The molecule has 90 valence electrons. The van der Waals surface area contributed by atoms with Gasteiger partial charge < -0.3 is 10.1 Å². The highest BCUT2D eigenvalue weighted by atomic mass is 15.0. The molecule has 0 unspecified atom stereocenters. The zero-order valence-corrected chi connectivity index (χ0v) is 10.5. The molecule has 2 aromatic heterocycles. The Bertz CT molecular complexity index is 708. The normalized spacial score (nSPS) is 11.0. The van der Waals surface area contributed by atoms with Crippen LogP contribution in [0.1, 0.15) is 11.1 Å². The van der Waals surface area contributed by atoms with E-state index in [4.69, 9.17) is 5.73 Å². The molecule has 1 aromatic carbocycles. The zero-order valence-electron chi connectivity index (χ0n) is 10.5. The molecule has 3 aromatic rings. The summed E-state index contributed by atoms with van der Waals surface area (Å²) in [7, 11) is 0. The van der Waals surface area contributed by atoms with Gasteiger partial charge >= 0.3 is 0 Å². The summed E-state index contributed by atoms with van der Waals surface area (Å²) in [5.41, 5.74) is 12.0. The maximum absolute atomic E-state index is 5.99. The quantitative estimate of drug-likeness (QED) is 0.706. The van der Waals surface area contributed by atoms with Crippen molar-refractivity contribution in [1.29, 1.82) is 0 Å². The van der Waals surface area contributed by atoms with E-state index in [1.165, 1.54) is 5.56 Å². The topological polar surface area (TPSA) is 43.3 Å². The molecule has 0 aliphatic heterocycles. The van der Waals surface area contributed by atoms with E-state index in [0.717, 1.165) is 22.5 Å². The molecule has 3 rings (SSSR count). The van der Waals surface area contributed by atoms with Crippen molar-refractivity contribution in [3.8, 4) is 11.3 Å². The highest BCUT2D eigenvalue weighted by molar-refractivity contribution is 5.71. The highest BCUT2D eigenvalue weighted by Crippen LogP contribution is 2.22. The molecule has 0 saturated heterocycles. The second-order valence-corrected chi connectivity index (χ2v) is 4.70. The SMILES string of the molecule is Cc1ccc(-c2cn3cc(C)cc(N)c3n2)cc1. The molecule has 0 spiro atoms. The third kappa shape index (κ3) is 1.74. The van der Waals surface area contributed by atoms with E-state index in [1.54, 1.807) is 0 Å². The highest BCUT2D eigenvalue weighted by Gasteiger charge is 2.07. The van der Waals surface area contributed by atoms with Gasteiger partial charge in [0.25, 0.3) is 0 Å². The monoisotopic (exact) mass is 237 g/mol. The molecule has 0 saturated carbocycles. The predicted molar refractivity (Wildman–Crippen MR) is 74.5 cm³/mol. The van der Waals surface area contributed by atoms with Crippen LogP contribution in [0.4, 0.5) is 5.69 Å². The number of imidazole rings is 1. The van der Waals surface area contributed by atoms with Crippen LogP contribution in [0.15, 0.2) is 42.7 Å². The lowest BCUT2D eigenvalue weighted by atomic mass is 10.1. The summed E-state index contributed by atoms with van der Waals surface area (Å²) in [6.07, 6.45) is 4.06. The number of aromatic nitrogens is 2. The second kappa shape index (κ2) is 3.88. The van der Waals surface area contributed by atoms with Crippen LogP contribution in [0.25, 0.3) is 16.9 Å². The number of hydrogen-bond donors (Lipinski definition) is 1. The van der Waals surface area contributed by atoms with E-state index in [9.17, 15) is 0 Å². The third-order valence-corrected chi connectivity index (χ3v) is 3.06. The molecule has 0 atom stereocenters. The summed E-state index contributed by atoms with van der Waals surface area (Å²) in [4.78, 5) is 4.59. The van der Waals surface area contributed by atoms with Gasteiger partial charge in [0.05, 0.1) is 11.4 Å². The molecule has 0 aliphatic carbocycles. The van der Waals surface area contributed by atoms with Crippen molar-refractivity contribution in [1.82, 2.24) is 9.38 Å². The fraction of sp³-hybridized carbons (Fsp3) is 0.133. The van der Waals surface area contributed by atoms with Gasteiger partial charge in [0.2, 0.25) is 0 Å². The molecule has 0 aliphatic rings. The lowest BCUT2D eigenvalue weighted by Crippen LogP contribution is -1.93. The first-order valence-electron chi connectivity index (χ1n) is 5.95. The van der Waals surface area contributed by atoms with Crippen molar-refractivity contribution in [3.05, 3.63) is 53.9 Å². The number of nitrogens with two attached hydrogens (primary N) is 1. The van der Waals surface area contributed by atoms with Crippen LogP contribution in [0, 0.1) is 13.8 Å². The number of rotatable bonds is 1. The van der Waals surface area contributed by atoms with Gasteiger partial charge in [-0.05, 0) is 25.5 Å². The first kappa shape index (κ1) is 10.8. The van der Waals surface area contributed by atoms with E-state index in [-0.39, 0.29) is 0 Å². The molecule has 0 amide bonds. The lowest BCUT2D eigenvalue weighted by molar-refractivity contribution is 1.16. The fourth-order valence-electron chi connectivity index (χ4n) is 2.14. The molecule has 2 heterocycles. The fourth-order valence-corrected chi connectivity index (χ4v) is 2.14. The van der Waals surface area contributed by atoms with E-state index in [2.05, 4.69) is 36.2 Å². The molecule has 0 bridgehead atoms. The van der Waals surface area contributed by atoms with Crippen molar-refractivity contribution >= 4 is 11.3 Å². The Morgan fingerprint density at radius 3 is 2.44 bits per heavy atom. The lowest BCUT2D eigenvalue weighted by Gasteiger charge is -1.98. The molecule has 2 N–H and O–H groups in total. The van der Waals surface area contributed by atoms with Crippen LogP contribution in [-0.2, 0) is 0 Å². The van der Waals surface area contributed by atoms with E-state index in [1.807, 2.05) is 29.8 Å². The average molecular weight is 237 g/mol. The number of pyridine rings is 1. The van der Waals surface area contributed by atoms with Gasteiger partial charge in [-0.15, -0.1) is 0 Å². The van der Waals surface area contributed by atoms with Gasteiger partial charge in [0.15, 0.2) is 5.65 Å². The summed E-state index contributed by atoms with van der Waals surface area (Å²) in [5, 5.41) is 0. The van der Waals surface area contributed by atoms with Crippen molar-refractivity contribution in [2.24, 2.45) is 0 Å². The van der Waals surface area contributed by atoms with Crippen LogP contribution >= 0.6 is 0 Å². The number of nitrogen functional groups attached to an aromatic ring is 1. The molecular formula is C15H15N3. The van der Waals surface area contributed by atoms with Gasteiger partial charge in [-0.1, -0.05) is 29.8 Å². The number of nitrogens with zero attached hydrogens (tertiary/aromatic N) is 2. The van der Waals surface area contributed by atoms with Crippen LogP contribution in [-0.4, -0.2) is 9.38 Å². The van der Waals surface area contributed by atoms with Gasteiger partial charge in [0.1, 0.15) is 0 Å². The summed E-state index contributed by atoms with van der Waals surface area (Å²) in [6.45, 7) is 4.11. The minimum Gasteiger partial charge on any atom is -0.396 e. The molecular weight excluding hydrogens is 222 g/mol. The Hall–Kier alpha value is -2.29. The maximum Gasteiger partial charge on any atom is 0.160 e. The second-order valence-electron chi connectivity index (χ2n) is 4.70. The minimum absolute atomic E-state index is 0.716. The van der Waals surface area contributed by atoms with Crippen LogP contribution in [0.3, 0.4) is 0 Å². The maximum atomic E-state index is 5.99. The number of benzene rings is 1. The van der Waals surface area contributed by atoms with Crippen LogP contribution in [0.2, 0.25) is 0 Å². The third-order valence-electron chi connectivity index (χ3n) is 3.06. The average Bonchev–Trinajstić information content (AvgIpc) is 2.74. The molecule has 3 heteroatoms. The van der Waals surface area contributed by atoms with Gasteiger partial charge in [-0.2, -0.15) is 0 Å². The summed E-state index contributed by atoms with van der Waals surface area (Å²) in [6, 6.07) is 10.3. The van der Waals surface area contributed by atoms with Crippen LogP contribution in [0.5, 0.6) is 0 Å². The number of anilines is 1. The van der Waals surface area contributed by atoms with E-state index in [0.29, 0.717) is 5.69 Å². The molecule has 3 nitrogen and oxygen atoms in total. The van der Waals surface area contributed by atoms with Gasteiger partial charge in [-0.25, -0.2) is 4.98 Å². The van der Waals surface area contributed by atoms with Crippen molar-refractivity contribution in [2.45, 2.75) is 13.8 Å². The van der Waals surface area contributed by atoms with Gasteiger partial charge in [-0.3, -0.25) is 0 Å². The van der Waals surface area contributed by atoms with E-state index < -0.39 is 0 Å². The standard InChI is InChI=1S/C15H15N3/c1-10-3-5-12(6-4-10)14-9-18-8-11(2)7-13(16)15(18)17-14/h3-9H,16H2,1-2H3. The van der Waals surface area contributed by atoms with Crippen LogP contribution < -0.4 is 5.73 Å². The zero-order chi connectivity index (χ0) is 12.7. The van der Waals surface area contributed by atoms with Crippen molar-refractivity contribution in [2.75, 3.05) is 5.73 Å². The molecule has 0 fully saturated rings. The first-order valence-corrected chi connectivity index (χ1v) is 5.95. The number of aryl methyl sites for hydroxylation is 2. The Morgan fingerprint density at radius 1 is 1.00 bits per heavy atom. The van der Waals surface area contributed by atoms with Crippen molar-refractivity contribution in [3.63, 3.8) is 0 Å². The Labute approximate surface area is 106 Å². The number of hydrogen-bond acceptors (Lipinski definition) is 2. The summed E-state index contributed by atoms with van der Waals surface area (Å²) in [5.74, 6) is 0. The largest absolute Gasteiger partial charge is 0.396 e. The smallest absolute Gasteiger partial charge is 0.160 e. The summed E-state index contributed by atoms with van der Waals surface area (Å²) >= 11 is 0. The Morgan fingerprint density at radius 2 is 1.72 bits per heavy atom. The van der Waals surface area contributed by atoms with Crippen molar-refractivity contribution < 1.29 is 0 Å². The predicted octanol–water partition coefficient (Wildman–Crippen LogP) is 3.20. The Balaban J connectivity index is 2.19. The van der Waals surface area contributed by atoms with E-state index >= 15 is 0 Å². The molecule has 18 heavy (non-hydrogen) atoms. The van der Waals surface area contributed by atoms with Gasteiger partial charge in [0, 0.05) is 18.0 Å². The summed E-state index contributed by atoms with van der Waals surface area (Å²) < 4.78 is 1.99. The minimum atomic E-state index is 0.716. The number of fused-ring (bicyclic) bond motifs is 1. The Kier molecular flexibility index (Phi) is 2.33. The molecule has 0 radical (unpaired) electrons.